The van der Waals surface area contributed by atoms with E-state index in [0.29, 0.717) is 41.1 Å². The Morgan fingerprint density at radius 1 is 0.979 bits per heavy atom. The molecule has 2 amide bonds. The molecule has 0 unspecified atom stereocenters. The maximum atomic E-state index is 13.9. The van der Waals surface area contributed by atoms with E-state index in [-0.39, 0.29) is 47.6 Å². The van der Waals surface area contributed by atoms with Crippen molar-refractivity contribution < 1.29 is 44.3 Å². The van der Waals surface area contributed by atoms with E-state index in [0.717, 1.165) is 11.3 Å². The molecule has 3 aromatic rings. The van der Waals surface area contributed by atoms with Gasteiger partial charge in [0.05, 0.1) is 19.2 Å². The van der Waals surface area contributed by atoms with E-state index in [1.54, 1.807) is 30.3 Å². The molecule has 0 atom stereocenters. The topological polar surface area (TPSA) is 154 Å². The summed E-state index contributed by atoms with van der Waals surface area (Å²) in [6.45, 7) is 0.852. The molecule has 0 bridgehead atoms. The van der Waals surface area contributed by atoms with Gasteiger partial charge in [-0.05, 0) is 74.8 Å². The highest BCUT2D eigenvalue weighted by Crippen LogP contribution is 2.36. The monoisotopic (exact) mass is 731 g/mol. The third-order valence-electron chi connectivity index (χ3n) is 7.54. The van der Waals surface area contributed by atoms with E-state index in [2.05, 4.69) is 10.6 Å². The Balaban J connectivity index is 1.51. The van der Waals surface area contributed by atoms with Gasteiger partial charge in [0.2, 0.25) is 0 Å². The number of anilines is 1. The van der Waals surface area contributed by atoms with Crippen molar-refractivity contribution in [3.8, 4) is 5.75 Å². The largest absolute Gasteiger partial charge is 0.516 e. The molecule has 2 aromatic carbocycles. The van der Waals surface area contributed by atoms with Gasteiger partial charge >= 0.3 is 15.5 Å². The number of nitrogens with zero attached hydrogens (tertiary/aromatic N) is 2. The number of sulfonamides is 2. The normalized spacial score (nSPS) is 14.9. The number of amides is 2. The fraction of sp³-hybridized carbons (Fsp3) is 0.400. The highest BCUT2D eigenvalue weighted by Gasteiger charge is 2.46. The number of alkyl halides is 3. The zero-order valence-electron chi connectivity index (χ0n) is 26.3. The number of benzene rings is 2. The smallest absolute Gasteiger partial charge is 0.497 e. The average molecular weight is 732 g/mol. The fourth-order valence-electron chi connectivity index (χ4n) is 5.00. The van der Waals surface area contributed by atoms with Gasteiger partial charge in [-0.1, -0.05) is 18.2 Å². The summed E-state index contributed by atoms with van der Waals surface area (Å²) in [5.74, 6) is -0.760. The second-order valence-electron chi connectivity index (χ2n) is 11.2. The van der Waals surface area contributed by atoms with Crippen molar-refractivity contribution in [2.75, 3.05) is 52.1 Å². The zero-order valence-corrected chi connectivity index (χ0v) is 28.8. The van der Waals surface area contributed by atoms with E-state index in [9.17, 15) is 39.6 Å². The first kappa shape index (κ1) is 37.1. The van der Waals surface area contributed by atoms with Crippen molar-refractivity contribution in [3.05, 3.63) is 76.2 Å². The second kappa shape index (κ2) is 15.2. The molecule has 3 N–H and O–H groups in total. The van der Waals surface area contributed by atoms with Crippen molar-refractivity contribution >= 4 is 48.9 Å². The number of likely N-dealkylation sites (N-methyl/N-ethyl adjacent to an activating group) is 1. The minimum absolute atomic E-state index is 0.0370. The maximum Gasteiger partial charge on any atom is 0.516 e. The Labute approximate surface area is 281 Å². The molecule has 2 heterocycles. The van der Waals surface area contributed by atoms with E-state index >= 15 is 0 Å². The molecule has 18 heteroatoms. The number of hydrogen-bond acceptors (Lipinski definition) is 9. The van der Waals surface area contributed by atoms with Crippen LogP contribution in [-0.4, -0.2) is 90.7 Å². The quantitative estimate of drug-likeness (QED) is 0.240. The molecular weight excluding hydrogens is 696 g/mol. The van der Waals surface area contributed by atoms with E-state index < -0.39 is 37.4 Å². The first-order chi connectivity index (χ1) is 22.5. The van der Waals surface area contributed by atoms with Crippen LogP contribution in [0.2, 0.25) is 0 Å². The first-order valence-corrected chi connectivity index (χ1v) is 18.4. The van der Waals surface area contributed by atoms with Crippen molar-refractivity contribution in [1.29, 1.82) is 0 Å². The summed E-state index contributed by atoms with van der Waals surface area (Å²) >= 11 is 0.882. The molecule has 1 saturated heterocycles. The van der Waals surface area contributed by atoms with Crippen molar-refractivity contribution in [2.24, 2.45) is 0 Å². The number of rotatable bonds is 13. The predicted molar refractivity (Wildman–Crippen MR) is 175 cm³/mol. The molecule has 1 aliphatic heterocycles. The van der Waals surface area contributed by atoms with Crippen molar-refractivity contribution in [1.82, 2.24) is 19.8 Å². The molecule has 12 nitrogen and oxygen atoms in total. The highest BCUT2D eigenvalue weighted by atomic mass is 32.2. The lowest BCUT2D eigenvalue weighted by Crippen LogP contribution is -2.38. The van der Waals surface area contributed by atoms with Gasteiger partial charge in [0.1, 0.15) is 9.96 Å². The molecule has 1 fully saturated rings. The van der Waals surface area contributed by atoms with Crippen LogP contribution in [0.1, 0.15) is 49.9 Å². The number of thiophene rings is 1. The van der Waals surface area contributed by atoms with Crippen LogP contribution in [0.5, 0.6) is 5.75 Å². The lowest BCUT2D eigenvalue weighted by atomic mass is 9.90. The van der Waals surface area contributed by atoms with Gasteiger partial charge in [-0.15, -0.1) is 11.3 Å². The van der Waals surface area contributed by atoms with Crippen molar-refractivity contribution in [3.63, 3.8) is 0 Å². The summed E-state index contributed by atoms with van der Waals surface area (Å²) in [4.78, 5) is 28.3. The Morgan fingerprint density at radius 3 is 2.31 bits per heavy atom. The van der Waals surface area contributed by atoms with E-state index in [1.165, 1.54) is 40.4 Å². The SMILES string of the molecule is COc1cccc(C(=O)NCc2cc(C(=O)NCCN(C)C)c(S(=O)(=O)N3CCC(c4cccc(NS(=O)(=O)C(F)(F)F)c4)CC3)s2)c1. The van der Waals surface area contributed by atoms with Gasteiger partial charge < -0.3 is 20.3 Å². The number of ether oxygens (including phenoxy) is 1. The van der Waals surface area contributed by atoms with Gasteiger partial charge in [0, 0.05) is 42.3 Å². The van der Waals surface area contributed by atoms with Crippen LogP contribution in [0.25, 0.3) is 0 Å². The number of carbonyl (C=O) groups is 2. The second-order valence-corrected chi connectivity index (χ2v) is 16.2. The molecule has 1 aliphatic rings. The molecule has 0 aliphatic carbocycles. The highest BCUT2D eigenvalue weighted by molar-refractivity contribution is 7.93. The molecule has 262 valence electrons. The average Bonchev–Trinajstić information content (AvgIpc) is 3.48. The van der Waals surface area contributed by atoms with Crippen LogP contribution in [0.15, 0.2) is 58.8 Å². The lowest BCUT2D eigenvalue weighted by molar-refractivity contribution is -0.0429. The summed E-state index contributed by atoms with van der Waals surface area (Å²) in [5, 5.41) is 5.49. The number of piperidine rings is 1. The van der Waals surface area contributed by atoms with Gasteiger partial charge in [0.25, 0.3) is 21.8 Å². The Bertz CT molecular complexity index is 1840. The first-order valence-electron chi connectivity index (χ1n) is 14.7. The standard InChI is InChI=1S/C30H36F3N5O7S3/c1-37(2)15-12-34-28(40)26-18-25(19-35-27(39)22-7-5-9-24(17-22)45-3)46-29(26)47(41,42)38-13-10-20(11-14-38)21-6-4-8-23(16-21)36-48(43,44)30(31,32)33/h4-9,16-18,20,36H,10-15,19H2,1-3H3,(H,34,40)(H,35,39). The summed E-state index contributed by atoms with van der Waals surface area (Å²) in [5.41, 5.74) is -4.88. The van der Waals surface area contributed by atoms with Crippen LogP contribution in [-0.2, 0) is 26.6 Å². The van der Waals surface area contributed by atoms with Gasteiger partial charge in [-0.3, -0.25) is 14.3 Å². The van der Waals surface area contributed by atoms with Crippen LogP contribution in [0.4, 0.5) is 18.9 Å². The number of methoxy groups -OCH3 is 1. The summed E-state index contributed by atoms with van der Waals surface area (Å²) < 4.78 is 97.4. The fourth-order valence-corrected chi connectivity index (χ4v) is 8.79. The molecule has 0 spiro atoms. The van der Waals surface area contributed by atoms with Crippen molar-refractivity contribution in [2.45, 2.75) is 35.0 Å². The number of nitrogens with one attached hydrogen (secondary N) is 3. The van der Waals surface area contributed by atoms with Gasteiger partial charge in [0.15, 0.2) is 0 Å². The Kier molecular flexibility index (Phi) is 11.8. The molecule has 0 saturated carbocycles. The van der Waals surface area contributed by atoms with Crippen LogP contribution < -0.4 is 20.1 Å². The van der Waals surface area contributed by atoms with Crippen LogP contribution >= 0.6 is 11.3 Å². The third kappa shape index (κ3) is 9.04. The molecule has 48 heavy (non-hydrogen) atoms. The van der Waals surface area contributed by atoms with Gasteiger partial charge in [-0.2, -0.15) is 25.9 Å². The Hall–Kier alpha value is -3.71. The molecule has 0 radical (unpaired) electrons. The summed E-state index contributed by atoms with van der Waals surface area (Å²) in [6.07, 6.45) is 0.599. The number of hydrogen-bond donors (Lipinski definition) is 3. The summed E-state index contributed by atoms with van der Waals surface area (Å²) in [7, 11) is -4.64. The summed E-state index contributed by atoms with van der Waals surface area (Å²) in [6, 6.07) is 13.5. The van der Waals surface area contributed by atoms with E-state index in [4.69, 9.17) is 4.74 Å². The third-order valence-corrected chi connectivity index (χ3v) is 12.2. The maximum absolute atomic E-state index is 13.9. The number of carbonyl (C=O) groups excluding carboxylic acids is 2. The van der Waals surface area contributed by atoms with Crippen LogP contribution in [0, 0.1) is 0 Å². The van der Waals surface area contributed by atoms with Gasteiger partial charge in [-0.25, -0.2) is 8.42 Å². The molecule has 4 rings (SSSR count). The zero-order chi connectivity index (χ0) is 35.3. The lowest BCUT2D eigenvalue weighted by Gasteiger charge is -2.31. The molecule has 1 aromatic heterocycles. The van der Waals surface area contributed by atoms with E-state index in [1.807, 2.05) is 19.0 Å². The molecular formula is C30H36F3N5O7S3. The Morgan fingerprint density at radius 2 is 1.67 bits per heavy atom. The minimum Gasteiger partial charge on any atom is -0.497 e. The predicted octanol–water partition coefficient (Wildman–Crippen LogP) is 3.81. The van der Waals surface area contributed by atoms with Crippen LogP contribution in [0.3, 0.4) is 0 Å². The number of halogens is 3. The minimum atomic E-state index is -5.60.